The summed E-state index contributed by atoms with van der Waals surface area (Å²) < 4.78 is 25.3. The molecular formula is C22H21ClN4O3S. The molecule has 1 amide bonds. The smallest absolute Gasteiger partial charge is 0.275 e. The van der Waals surface area contributed by atoms with Gasteiger partial charge in [0.15, 0.2) is 9.84 Å². The number of anilines is 1. The van der Waals surface area contributed by atoms with Crippen molar-refractivity contribution < 1.29 is 13.2 Å². The molecule has 4 rings (SSSR count). The summed E-state index contributed by atoms with van der Waals surface area (Å²) in [6, 6.07) is 13.7. The Hall–Kier alpha value is -3.10. The summed E-state index contributed by atoms with van der Waals surface area (Å²) in [5.41, 5.74) is 2.90. The largest absolute Gasteiger partial charge is 0.361 e. The van der Waals surface area contributed by atoms with Gasteiger partial charge in [0.2, 0.25) is 0 Å². The summed E-state index contributed by atoms with van der Waals surface area (Å²) in [4.78, 5) is 21.3. The van der Waals surface area contributed by atoms with Gasteiger partial charge in [0.1, 0.15) is 11.5 Å². The van der Waals surface area contributed by atoms with Gasteiger partial charge in [-0.2, -0.15) is 0 Å². The van der Waals surface area contributed by atoms with Crippen LogP contribution in [-0.4, -0.2) is 49.1 Å². The Bertz CT molecular complexity index is 1280. The van der Waals surface area contributed by atoms with Crippen LogP contribution in [0.2, 0.25) is 5.02 Å². The zero-order valence-corrected chi connectivity index (χ0v) is 18.9. The maximum absolute atomic E-state index is 13.3. The molecule has 0 radical (unpaired) electrons. The maximum atomic E-state index is 13.3. The minimum atomic E-state index is -3.30. The average molecular weight is 457 g/mol. The van der Waals surface area contributed by atoms with Crippen LogP contribution in [0.25, 0.3) is 17.5 Å². The Morgan fingerprint density at radius 3 is 2.35 bits per heavy atom. The van der Waals surface area contributed by atoms with E-state index < -0.39 is 9.84 Å². The highest BCUT2D eigenvalue weighted by molar-refractivity contribution is 7.90. The van der Waals surface area contributed by atoms with Gasteiger partial charge in [0.25, 0.3) is 5.91 Å². The van der Waals surface area contributed by atoms with Crippen LogP contribution >= 0.6 is 11.6 Å². The zero-order chi connectivity index (χ0) is 22.3. The molecule has 0 atom stereocenters. The predicted molar refractivity (Wildman–Crippen MR) is 121 cm³/mol. The highest BCUT2D eigenvalue weighted by Crippen LogP contribution is 2.28. The number of imidazole rings is 1. The number of amides is 1. The number of hydrogen-bond donors (Lipinski definition) is 0. The topological polar surface area (TPSA) is 75.5 Å². The fraction of sp³-hybridized carbons (Fsp3) is 0.182. The number of aromatic nitrogens is 2. The number of carbonyl (C=O) groups excluding carboxylic acids is 1. The minimum Gasteiger partial charge on any atom is -0.361 e. The molecule has 2 aromatic carbocycles. The SMILES string of the molecule is CN1Cc2ncc(-c3ccc(Cl)cc3)n2C=C1C(=O)N(C)c1ccc(S(C)(=O)=O)cc1. The van der Waals surface area contributed by atoms with Crippen molar-refractivity contribution in [2.24, 2.45) is 0 Å². The molecule has 0 bridgehead atoms. The molecule has 0 aliphatic carbocycles. The van der Waals surface area contributed by atoms with Crippen molar-refractivity contribution >= 4 is 39.2 Å². The number of hydrogen-bond acceptors (Lipinski definition) is 5. The molecule has 1 aromatic heterocycles. The highest BCUT2D eigenvalue weighted by atomic mass is 35.5. The van der Waals surface area contributed by atoms with Crippen molar-refractivity contribution in [2.45, 2.75) is 11.4 Å². The molecule has 9 heteroatoms. The fourth-order valence-electron chi connectivity index (χ4n) is 3.44. The third-order valence-electron chi connectivity index (χ3n) is 5.23. The summed E-state index contributed by atoms with van der Waals surface area (Å²) in [5.74, 6) is 0.611. The predicted octanol–water partition coefficient (Wildman–Crippen LogP) is 3.51. The first-order valence-electron chi connectivity index (χ1n) is 9.48. The van der Waals surface area contributed by atoms with Gasteiger partial charge in [-0.1, -0.05) is 23.7 Å². The van der Waals surface area contributed by atoms with Crippen LogP contribution in [0, 0.1) is 0 Å². The van der Waals surface area contributed by atoms with E-state index in [9.17, 15) is 13.2 Å². The minimum absolute atomic E-state index is 0.210. The number of benzene rings is 2. The van der Waals surface area contributed by atoms with Crippen LogP contribution in [0.4, 0.5) is 5.69 Å². The van der Waals surface area contributed by atoms with Gasteiger partial charge >= 0.3 is 0 Å². The number of nitrogens with zero attached hydrogens (tertiary/aromatic N) is 4. The van der Waals surface area contributed by atoms with E-state index in [-0.39, 0.29) is 10.8 Å². The van der Waals surface area contributed by atoms with Crippen molar-refractivity contribution in [3.63, 3.8) is 0 Å². The van der Waals surface area contributed by atoms with Crippen LogP contribution in [0.15, 0.2) is 65.3 Å². The second-order valence-electron chi connectivity index (χ2n) is 7.44. The van der Waals surface area contributed by atoms with E-state index in [0.717, 1.165) is 23.3 Å². The molecule has 0 unspecified atom stereocenters. The molecule has 160 valence electrons. The number of fused-ring (bicyclic) bond motifs is 1. The summed E-state index contributed by atoms with van der Waals surface area (Å²) >= 11 is 6.00. The number of halogens is 1. The van der Waals surface area contributed by atoms with Crippen LogP contribution in [-0.2, 0) is 21.2 Å². The van der Waals surface area contributed by atoms with E-state index in [1.807, 2.05) is 40.8 Å². The van der Waals surface area contributed by atoms with E-state index in [0.29, 0.717) is 23.0 Å². The quantitative estimate of drug-likeness (QED) is 0.600. The van der Waals surface area contributed by atoms with Crippen LogP contribution < -0.4 is 4.90 Å². The molecule has 0 saturated heterocycles. The van der Waals surface area contributed by atoms with E-state index in [1.165, 1.54) is 17.0 Å². The number of sulfone groups is 1. The van der Waals surface area contributed by atoms with Gasteiger partial charge in [0.05, 0.1) is 23.3 Å². The molecule has 2 heterocycles. The van der Waals surface area contributed by atoms with Gasteiger partial charge in [-0.05, 0) is 36.4 Å². The third-order valence-corrected chi connectivity index (χ3v) is 6.61. The molecule has 7 nitrogen and oxygen atoms in total. The van der Waals surface area contributed by atoms with Gasteiger partial charge in [-0.3, -0.25) is 9.36 Å². The second kappa shape index (κ2) is 7.86. The van der Waals surface area contributed by atoms with E-state index in [4.69, 9.17) is 11.6 Å². The van der Waals surface area contributed by atoms with Crippen molar-refractivity contribution in [3.8, 4) is 11.3 Å². The normalized spacial score (nSPS) is 13.5. The average Bonchev–Trinajstić information content (AvgIpc) is 3.14. The van der Waals surface area contributed by atoms with E-state index in [2.05, 4.69) is 4.98 Å². The Morgan fingerprint density at radius 1 is 1.10 bits per heavy atom. The molecule has 3 aromatic rings. The molecular weight excluding hydrogens is 436 g/mol. The Labute approximate surface area is 186 Å². The summed E-state index contributed by atoms with van der Waals surface area (Å²) in [5, 5.41) is 0.650. The van der Waals surface area contributed by atoms with Crippen molar-refractivity contribution in [2.75, 3.05) is 25.3 Å². The first-order chi connectivity index (χ1) is 14.6. The molecule has 0 saturated carbocycles. The van der Waals surface area contributed by atoms with Crippen LogP contribution in [0.1, 0.15) is 5.82 Å². The summed E-state index contributed by atoms with van der Waals surface area (Å²) in [7, 11) is 0.203. The molecule has 0 N–H and O–H groups in total. The van der Waals surface area contributed by atoms with Crippen LogP contribution in [0.5, 0.6) is 0 Å². The first kappa shape index (κ1) is 21.1. The van der Waals surface area contributed by atoms with Crippen molar-refractivity contribution in [3.05, 3.63) is 71.3 Å². The molecule has 0 fully saturated rings. The monoisotopic (exact) mass is 456 g/mol. The number of carbonyl (C=O) groups is 1. The second-order valence-corrected chi connectivity index (χ2v) is 9.89. The highest BCUT2D eigenvalue weighted by Gasteiger charge is 2.26. The molecule has 0 spiro atoms. The number of rotatable bonds is 4. The Morgan fingerprint density at radius 2 is 1.74 bits per heavy atom. The molecule has 1 aliphatic heterocycles. The maximum Gasteiger partial charge on any atom is 0.275 e. The standard InChI is InChI=1S/C22H21ClN4O3S/c1-25-14-21-24-12-19(15-4-6-16(23)7-5-15)27(21)13-20(25)22(28)26(2)17-8-10-18(11-9-17)31(3,29)30/h4-13H,14H2,1-3H3. The van der Waals surface area contributed by atoms with Gasteiger partial charge < -0.3 is 9.80 Å². The van der Waals surface area contributed by atoms with E-state index >= 15 is 0 Å². The lowest BCUT2D eigenvalue weighted by Gasteiger charge is -2.29. The van der Waals surface area contributed by atoms with Crippen molar-refractivity contribution in [1.82, 2.24) is 14.5 Å². The van der Waals surface area contributed by atoms with Crippen LogP contribution in [0.3, 0.4) is 0 Å². The Kier molecular flexibility index (Phi) is 5.36. The van der Waals surface area contributed by atoms with Gasteiger partial charge in [0, 0.05) is 42.8 Å². The zero-order valence-electron chi connectivity index (χ0n) is 17.3. The fourth-order valence-corrected chi connectivity index (χ4v) is 4.19. The Balaban J connectivity index is 1.67. The molecule has 31 heavy (non-hydrogen) atoms. The lowest BCUT2D eigenvalue weighted by Crippen LogP contribution is -2.37. The lowest BCUT2D eigenvalue weighted by molar-refractivity contribution is -0.116. The first-order valence-corrected chi connectivity index (χ1v) is 11.8. The summed E-state index contributed by atoms with van der Waals surface area (Å²) in [6.45, 7) is 0.478. The van der Waals surface area contributed by atoms with Crippen molar-refractivity contribution in [1.29, 1.82) is 0 Å². The van der Waals surface area contributed by atoms with Gasteiger partial charge in [-0.25, -0.2) is 13.4 Å². The van der Waals surface area contributed by atoms with Gasteiger partial charge in [-0.15, -0.1) is 0 Å². The number of likely N-dealkylation sites (N-methyl/N-ethyl adjacent to an activating group) is 2. The van der Waals surface area contributed by atoms with E-state index in [1.54, 1.807) is 31.6 Å². The summed E-state index contributed by atoms with van der Waals surface area (Å²) in [6.07, 6.45) is 4.71. The molecule has 1 aliphatic rings. The third kappa shape index (κ3) is 4.08. The lowest BCUT2D eigenvalue weighted by atomic mass is 10.1.